The molecular weight excluding hydrogens is 334 g/mol. The lowest BCUT2D eigenvalue weighted by molar-refractivity contribution is -0.121. The molecule has 0 unspecified atom stereocenters. The number of hydrogen-bond acceptors (Lipinski definition) is 5. The van der Waals surface area contributed by atoms with Crippen LogP contribution in [0.1, 0.15) is 34.2 Å². The van der Waals surface area contributed by atoms with Crippen molar-refractivity contribution in [3.8, 4) is 11.3 Å². The molecule has 0 saturated carbocycles. The van der Waals surface area contributed by atoms with Crippen molar-refractivity contribution < 1.29 is 18.4 Å². The molecule has 0 atom stereocenters. The van der Waals surface area contributed by atoms with Gasteiger partial charge in [0.1, 0.15) is 11.5 Å². The molecule has 0 aliphatic carbocycles. The predicted molar refractivity (Wildman–Crippen MR) is 94.1 cm³/mol. The average Bonchev–Trinajstić information content (AvgIpc) is 3.25. The summed E-state index contributed by atoms with van der Waals surface area (Å²) in [5.41, 5.74) is 6.06. The van der Waals surface area contributed by atoms with E-state index in [4.69, 9.17) is 8.83 Å². The number of hydrazine groups is 1. The Hall–Kier alpha value is -3.35. The van der Waals surface area contributed by atoms with Gasteiger partial charge < -0.3 is 8.83 Å². The zero-order chi connectivity index (χ0) is 18.5. The largest absolute Gasteiger partial charge is 0.466 e. The van der Waals surface area contributed by atoms with Crippen LogP contribution in [-0.4, -0.2) is 16.8 Å². The van der Waals surface area contributed by atoms with Crippen LogP contribution < -0.4 is 10.9 Å². The number of benzene rings is 1. The highest BCUT2D eigenvalue weighted by atomic mass is 16.4. The Morgan fingerprint density at radius 2 is 1.85 bits per heavy atom. The second-order valence-corrected chi connectivity index (χ2v) is 5.81. The number of nitrogens with zero attached hydrogens (tertiary/aromatic N) is 1. The fourth-order valence-corrected chi connectivity index (χ4v) is 2.49. The van der Waals surface area contributed by atoms with E-state index in [2.05, 4.69) is 15.8 Å². The van der Waals surface area contributed by atoms with E-state index in [1.165, 1.54) is 0 Å². The molecule has 0 aliphatic rings. The number of rotatable bonds is 5. The van der Waals surface area contributed by atoms with Gasteiger partial charge in [-0.25, -0.2) is 4.98 Å². The minimum absolute atomic E-state index is 0.137. The van der Waals surface area contributed by atoms with E-state index in [0.29, 0.717) is 35.2 Å². The van der Waals surface area contributed by atoms with E-state index in [9.17, 15) is 9.59 Å². The first-order valence-electron chi connectivity index (χ1n) is 8.19. The summed E-state index contributed by atoms with van der Waals surface area (Å²) in [7, 11) is 0. The number of nitrogens with one attached hydrogen (secondary N) is 2. The van der Waals surface area contributed by atoms with Crippen LogP contribution >= 0.6 is 0 Å². The molecule has 7 heteroatoms. The monoisotopic (exact) mass is 353 g/mol. The Morgan fingerprint density at radius 3 is 2.54 bits per heavy atom. The summed E-state index contributed by atoms with van der Waals surface area (Å²) in [5, 5.41) is 0. The highest BCUT2D eigenvalue weighted by Crippen LogP contribution is 2.20. The Balaban J connectivity index is 1.48. The first-order chi connectivity index (χ1) is 12.5. The van der Waals surface area contributed by atoms with Gasteiger partial charge in [-0.2, -0.15) is 0 Å². The second kappa shape index (κ2) is 7.69. The summed E-state index contributed by atoms with van der Waals surface area (Å²) >= 11 is 0. The van der Waals surface area contributed by atoms with Gasteiger partial charge in [0.15, 0.2) is 11.7 Å². The van der Waals surface area contributed by atoms with Crippen LogP contribution in [0.3, 0.4) is 0 Å². The van der Waals surface area contributed by atoms with Crippen molar-refractivity contribution >= 4 is 11.8 Å². The van der Waals surface area contributed by atoms with Gasteiger partial charge in [0.25, 0.3) is 5.91 Å². The first kappa shape index (κ1) is 17.5. The predicted octanol–water partition coefficient (Wildman–Crippen LogP) is 2.95. The number of furan rings is 1. The van der Waals surface area contributed by atoms with Crippen LogP contribution in [0.2, 0.25) is 0 Å². The molecule has 2 heterocycles. The molecule has 134 valence electrons. The molecule has 0 fully saturated rings. The minimum Gasteiger partial charge on any atom is -0.466 e. The van der Waals surface area contributed by atoms with Crippen LogP contribution in [0.15, 0.2) is 51.4 Å². The molecule has 3 rings (SSSR count). The molecule has 7 nitrogen and oxygen atoms in total. The average molecular weight is 353 g/mol. The number of hydrogen-bond donors (Lipinski definition) is 2. The van der Waals surface area contributed by atoms with Crippen molar-refractivity contribution in [1.29, 1.82) is 0 Å². The van der Waals surface area contributed by atoms with E-state index in [1.54, 1.807) is 26.1 Å². The number of oxazole rings is 1. The summed E-state index contributed by atoms with van der Waals surface area (Å²) in [6.07, 6.45) is 2.10. The fourth-order valence-electron chi connectivity index (χ4n) is 2.49. The van der Waals surface area contributed by atoms with Gasteiger partial charge in [-0.15, -0.1) is 0 Å². The molecule has 0 saturated heterocycles. The van der Waals surface area contributed by atoms with E-state index in [-0.39, 0.29) is 12.3 Å². The molecule has 2 aromatic heterocycles. The van der Waals surface area contributed by atoms with Crippen molar-refractivity contribution in [3.05, 3.63) is 65.6 Å². The van der Waals surface area contributed by atoms with Crippen LogP contribution in [0, 0.1) is 13.8 Å². The Labute approximate surface area is 150 Å². The zero-order valence-corrected chi connectivity index (χ0v) is 14.5. The summed E-state index contributed by atoms with van der Waals surface area (Å²) in [4.78, 5) is 28.1. The lowest BCUT2D eigenvalue weighted by Gasteiger charge is -2.05. The standard InChI is InChI=1S/C19H19N3O4/c1-12-10-15(13(2)25-12)19(24)22-21-17(23)8-9-18-20-11-16(26-18)14-6-4-3-5-7-14/h3-7,10-11H,8-9H2,1-2H3,(H,21,23)(H,22,24). The van der Waals surface area contributed by atoms with Gasteiger partial charge >= 0.3 is 0 Å². The van der Waals surface area contributed by atoms with Gasteiger partial charge in [-0.1, -0.05) is 30.3 Å². The Kier molecular flexibility index (Phi) is 5.17. The summed E-state index contributed by atoms with van der Waals surface area (Å²) in [6, 6.07) is 11.2. The number of carbonyl (C=O) groups excluding carboxylic acids is 2. The van der Waals surface area contributed by atoms with Gasteiger partial charge in [0.2, 0.25) is 5.91 Å². The third-order valence-corrected chi connectivity index (χ3v) is 3.78. The second-order valence-electron chi connectivity index (χ2n) is 5.81. The van der Waals surface area contributed by atoms with Gasteiger partial charge in [0, 0.05) is 18.4 Å². The fraction of sp³-hybridized carbons (Fsp3) is 0.211. The summed E-state index contributed by atoms with van der Waals surface area (Å²) in [5.74, 6) is 1.50. The first-order valence-corrected chi connectivity index (χ1v) is 8.19. The number of amides is 2. The van der Waals surface area contributed by atoms with E-state index >= 15 is 0 Å². The van der Waals surface area contributed by atoms with Crippen LogP contribution in [0.5, 0.6) is 0 Å². The van der Waals surface area contributed by atoms with Crippen molar-refractivity contribution in [2.45, 2.75) is 26.7 Å². The van der Waals surface area contributed by atoms with Crippen molar-refractivity contribution in [2.75, 3.05) is 0 Å². The van der Waals surface area contributed by atoms with Crippen molar-refractivity contribution in [3.63, 3.8) is 0 Å². The maximum absolute atomic E-state index is 12.0. The molecule has 0 radical (unpaired) electrons. The SMILES string of the molecule is Cc1cc(C(=O)NNC(=O)CCc2ncc(-c3ccccc3)o2)c(C)o1. The third-order valence-electron chi connectivity index (χ3n) is 3.78. The van der Waals surface area contributed by atoms with Crippen LogP contribution in [-0.2, 0) is 11.2 Å². The van der Waals surface area contributed by atoms with Crippen molar-refractivity contribution in [1.82, 2.24) is 15.8 Å². The summed E-state index contributed by atoms with van der Waals surface area (Å²) < 4.78 is 10.9. The van der Waals surface area contributed by atoms with E-state index < -0.39 is 5.91 Å². The molecule has 3 aromatic rings. The summed E-state index contributed by atoms with van der Waals surface area (Å²) in [6.45, 7) is 3.44. The molecule has 2 amide bonds. The Bertz CT molecular complexity index is 912. The van der Waals surface area contributed by atoms with Gasteiger partial charge in [-0.3, -0.25) is 20.4 Å². The third kappa shape index (κ3) is 4.18. The topological polar surface area (TPSA) is 97.4 Å². The maximum atomic E-state index is 12.0. The lowest BCUT2D eigenvalue weighted by Crippen LogP contribution is -2.41. The number of carbonyl (C=O) groups is 2. The molecule has 0 bridgehead atoms. The normalized spacial score (nSPS) is 10.5. The quantitative estimate of drug-likeness (QED) is 0.687. The maximum Gasteiger partial charge on any atom is 0.273 e. The van der Waals surface area contributed by atoms with Crippen LogP contribution in [0.25, 0.3) is 11.3 Å². The highest BCUT2D eigenvalue weighted by molar-refractivity contribution is 5.96. The minimum atomic E-state index is -0.421. The smallest absolute Gasteiger partial charge is 0.273 e. The zero-order valence-electron chi connectivity index (χ0n) is 14.5. The Morgan fingerprint density at radius 1 is 1.08 bits per heavy atom. The molecule has 1 aromatic carbocycles. The van der Waals surface area contributed by atoms with Crippen molar-refractivity contribution in [2.24, 2.45) is 0 Å². The van der Waals surface area contributed by atoms with E-state index in [0.717, 1.165) is 5.56 Å². The lowest BCUT2D eigenvalue weighted by atomic mass is 10.2. The highest BCUT2D eigenvalue weighted by Gasteiger charge is 2.14. The number of aryl methyl sites for hydroxylation is 3. The molecule has 26 heavy (non-hydrogen) atoms. The van der Waals surface area contributed by atoms with Crippen LogP contribution in [0.4, 0.5) is 0 Å². The van der Waals surface area contributed by atoms with Gasteiger partial charge in [-0.05, 0) is 19.9 Å². The molecule has 0 spiro atoms. The molecule has 0 aliphatic heterocycles. The van der Waals surface area contributed by atoms with E-state index in [1.807, 2.05) is 30.3 Å². The van der Waals surface area contributed by atoms with Gasteiger partial charge in [0.05, 0.1) is 11.8 Å². The molecule has 2 N–H and O–H groups in total. The number of aromatic nitrogens is 1. The molecular formula is C19H19N3O4.